The summed E-state index contributed by atoms with van der Waals surface area (Å²) in [6.45, 7) is 0. The van der Waals surface area contributed by atoms with Gasteiger partial charge in [0.05, 0.1) is 19.0 Å². The van der Waals surface area contributed by atoms with Crippen molar-refractivity contribution in [2.45, 2.75) is 0 Å². The van der Waals surface area contributed by atoms with Crippen LogP contribution in [0.3, 0.4) is 0 Å². The molecule has 10 nitrogen and oxygen atoms in total. The predicted octanol–water partition coefficient (Wildman–Crippen LogP) is 0.399. The van der Waals surface area contributed by atoms with Gasteiger partial charge in [0.2, 0.25) is 5.88 Å². The summed E-state index contributed by atoms with van der Waals surface area (Å²) >= 11 is 0. The molecule has 28 heavy (non-hydrogen) atoms. The van der Waals surface area contributed by atoms with Gasteiger partial charge in [0, 0.05) is 18.0 Å². The standard InChI is InChI=1S/C18H15N5O5/c1-28-14-5-3-2-4-13(14)23-17(26)12(16(25)21-18(23)27)10-20-22-15(24)11-6-8-19-9-7-11/h2-10,26H,1H3,(H,22,24)(H,21,25,27)/b20-10+. The van der Waals surface area contributed by atoms with Crippen LogP contribution in [0.4, 0.5) is 0 Å². The summed E-state index contributed by atoms with van der Waals surface area (Å²) < 4.78 is 6.05. The zero-order valence-electron chi connectivity index (χ0n) is 14.6. The number of aromatic hydroxyl groups is 1. The number of H-pyrrole nitrogens is 1. The molecule has 3 aromatic rings. The Morgan fingerprint density at radius 2 is 1.96 bits per heavy atom. The van der Waals surface area contributed by atoms with Crippen molar-refractivity contribution >= 4 is 12.1 Å². The molecule has 2 heterocycles. The number of nitrogens with zero attached hydrogens (tertiary/aromatic N) is 3. The van der Waals surface area contributed by atoms with Crippen LogP contribution in [-0.2, 0) is 0 Å². The molecule has 0 unspecified atom stereocenters. The third-order valence-corrected chi connectivity index (χ3v) is 3.75. The zero-order chi connectivity index (χ0) is 20.1. The fourth-order valence-electron chi connectivity index (χ4n) is 2.42. The molecular weight excluding hydrogens is 366 g/mol. The van der Waals surface area contributed by atoms with Crippen molar-refractivity contribution in [2.24, 2.45) is 5.10 Å². The molecule has 1 amide bonds. The van der Waals surface area contributed by atoms with Gasteiger partial charge in [-0.2, -0.15) is 5.10 Å². The number of hydrogen-bond donors (Lipinski definition) is 3. The van der Waals surface area contributed by atoms with Crippen LogP contribution in [0, 0.1) is 0 Å². The monoisotopic (exact) mass is 381 g/mol. The van der Waals surface area contributed by atoms with Gasteiger partial charge in [-0.25, -0.2) is 14.8 Å². The van der Waals surface area contributed by atoms with E-state index in [0.29, 0.717) is 11.3 Å². The number of amides is 1. The number of methoxy groups -OCH3 is 1. The Labute approximate surface area is 157 Å². The van der Waals surface area contributed by atoms with Crippen LogP contribution in [0.1, 0.15) is 15.9 Å². The number of hydrazone groups is 1. The van der Waals surface area contributed by atoms with Crippen LogP contribution >= 0.6 is 0 Å². The Balaban J connectivity index is 1.97. The predicted molar refractivity (Wildman–Crippen MR) is 100 cm³/mol. The minimum Gasteiger partial charge on any atom is -0.495 e. The van der Waals surface area contributed by atoms with Crippen molar-refractivity contribution in [1.82, 2.24) is 20.0 Å². The Kier molecular flexibility index (Phi) is 5.30. The van der Waals surface area contributed by atoms with Gasteiger partial charge in [-0.1, -0.05) is 12.1 Å². The first kappa shape index (κ1) is 18.6. The maximum atomic E-state index is 12.2. The normalized spacial score (nSPS) is 10.8. The molecule has 10 heteroatoms. The number of para-hydroxylation sites is 2. The fraction of sp³-hybridized carbons (Fsp3) is 0.0556. The summed E-state index contributed by atoms with van der Waals surface area (Å²) in [5.74, 6) is -0.881. The minimum atomic E-state index is -0.865. The van der Waals surface area contributed by atoms with Gasteiger partial charge >= 0.3 is 5.69 Å². The average molecular weight is 381 g/mol. The number of aromatic amines is 1. The number of carbonyl (C=O) groups is 1. The van der Waals surface area contributed by atoms with Crippen molar-refractivity contribution in [1.29, 1.82) is 0 Å². The highest BCUT2D eigenvalue weighted by atomic mass is 16.5. The summed E-state index contributed by atoms with van der Waals surface area (Å²) in [6.07, 6.45) is 3.83. The fourth-order valence-corrected chi connectivity index (χ4v) is 2.42. The highest BCUT2D eigenvalue weighted by Crippen LogP contribution is 2.24. The summed E-state index contributed by atoms with van der Waals surface area (Å²) in [7, 11) is 1.41. The SMILES string of the molecule is COc1ccccc1-n1c(O)c(/C=N/NC(=O)c2ccncc2)c(=O)[nH]c1=O. The number of benzene rings is 1. The second-order valence-electron chi connectivity index (χ2n) is 5.44. The van der Waals surface area contributed by atoms with Crippen LogP contribution in [-0.4, -0.2) is 38.9 Å². The first-order valence-electron chi connectivity index (χ1n) is 7.98. The summed E-state index contributed by atoms with van der Waals surface area (Å²) in [5.41, 5.74) is 0.715. The number of rotatable bonds is 5. The first-order valence-corrected chi connectivity index (χ1v) is 7.98. The van der Waals surface area contributed by atoms with Gasteiger partial charge in [-0.3, -0.25) is 19.6 Å². The molecule has 0 fully saturated rings. The molecule has 142 valence electrons. The molecule has 0 saturated carbocycles. The van der Waals surface area contributed by atoms with Crippen molar-refractivity contribution in [3.63, 3.8) is 0 Å². The summed E-state index contributed by atoms with van der Waals surface area (Å²) in [6, 6.07) is 9.41. The molecule has 0 aliphatic rings. The third-order valence-electron chi connectivity index (χ3n) is 3.75. The molecule has 2 aromatic heterocycles. The number of ether oxygens (including phenoxy) is 1. The Morgan fingerprint density at radius 1 is 1.25 bits per heavy atom. The van der Waals surface area contributed by atoms with Gasteiger partial charge in [0.25, 0.3) is 11.5 Å². The largest absolute Gasteiger partial charge is 0.495 e. The highest BCUT2D eigenvalue weighted by Gasteiger charge is 2.17. The van der Waals surface area contributed by atoms with Gasteiger partial charge in [0.1, 0.15) is 11.3 Å². The number of nitrogens with one attached hydrogen (secondary N) is 2. The second kappa shape index (κ2) is 7.99. The molecular formula is C18H15N5O5. The first-order chi connectivity index (χ1) is 13.5. The number of carbonyl (C=O) groups excluding carboxylic acids is 1. The van der Waals surface area contributed by atoms with Crippen molar-refractivity contribution < 1.29 is 14.6 Å². The van der Waals surface area contributed by atoms with Crippen LogP contribution < -0.4 is 21.4 Å². The van der Waals surface area contributed by atoms with Gasteiger partial charge in [-0.15, -0.1) is 0 Å². The molecule has 0 saturated heterocycles. The Hall–Kier alpha value is -4.21. The Morgan fingerprint density at radius 3 is 2.68 bits per heavy atom. The van der Waals surface area contributed by atoms with Crippen molar-refractivity contribution in [3.05, 3.63) is 80.8 Å². The lowest BCUT2D eigenvalue weighted by Crippen LogP contribution is -2.31. The smallest absolute Gasteiger partial charge is 0.335 e. The summed E-state index contributed by atoms with van der Waals surface area (Å²) in [5, 5.41) is 14.2. The molecule has 0 spiro atoms. The van der Waals surface area contributed by atoms with Crippen molar-refractivity contribution in [3.8, 4) is 17.3 Å². The van der Waals surface area contributed by atoms with E-state index < -0.39 is 23.0 Å². The zero-order valence-corrected chi connectivity index (χ0v) is 14.6. The highest BCUT2D eigenvalue weighted by molar-refractivity contribution is 5.94. The number of pyridine rings is 1. The lowest BCUT2D eigenvalue weighted by molar-refractivity contribution is 0.0955. The van der Waals surface area contributed by atoms with E-state index in [1.807, 2.05) is 0 Å². The second-order valence-corrected chi connectivity index (χ2v) is 5.44. The third kappa shape index (κ3) is 3.65. The van der Waals surface area contributed by atoms with Crippen LogP contribution in [0.5, 0.6) is 11.6 Å². The van der Waals surface area contributed by atoms with Crippen molar-refractivity contribution in [2.75, 3.05) is 7.11 Å². The van der Waals surface area contributed by atoms with E-state index in [2.05, 4.69) is 20.5 Å². The molecule has 0 bridgehead atoms. The maximum Gasteiger partial charge on any atom is 0.335 e. The maximum absolute atomic E-state index is 12.2. The molecule has 0 aliphatic heterocycles. The van der Waals surface area contributed by atoms with E-state index in [-0.39, 0.29) is 11.3 Å². The van der Waals surface area contributed by atoms with Gasteiger partial charge in [0.15, 0.2) is 0 Å². The molecule has 0 radical (unpaired) electrons. The molecule has 0 atom stereocenters. The van der Waals surface area contributed by atoms with E-state index in [1.54, 1.807) is 18.2 Å². The van der Waals surface area contributed by atoms with Crippen LogP contribution in [0.2, 0.25) is 0 Å². The van der Waals surface area contributed by atoms with E-state index >= 15 is 0 Å². The number of hydrogen-bond acceptors (Lipinski definition) is 7. The van der Waals surface area contributed by atoms with Gasteiger partial charge < -0.3 is 9.84 Å². The molecule has 3 N–H and O–H groups in total. The van der Waals surface area contributed by atoms with Crippen LogP contribution in [0.25, 0.3) is 5.69 Å². The lowest BCUT2D eigenvalue weighted by atomic mass is 10.2. The van der Waals surface area contributed by atoms with E-state index in [0.717, 1.165) is 10.8 Å². The van der Waals surface area contributed by atoms with E-state index in [9.17, 15) is 19.5 Å². The van der Waals surface area contributed by atoms with E-state index in [1.165, 1.54) is 37.7 Å². The summed E-state index contributed by atoms with van der Waals surface area (Å²) in [4.78, 5) is 42.1. The molecule has 3 rings (SSSR count). The van der Waals surface area contributed by atoms with Crippen LogP contribution in [0.15, 0.2) is 63.5 Å². The molecule has 0 aliphatic carbocycles. The lowest BCUT2D eigenvalue weighted by Gasteiger charge is -2.12. The topological polar surface area (TPSA) is 139 Å². The molecule has 1 aromatic carbocycles. The minimum absolute atomic E-state index is 0.222. The average Bonchev–Trinajstić information content (AvgIpc) is 2.71. The quantitative estimate of drug-likeness (QED) is 0.432. The van der Waals surface area contributed by atoms with E-state index in [4.69, 9.17) is 4.74 Å². The van der Waals surface area contributed by atoms with Gasteiger partial charge in [-0.05, 0) is 24.3 Å². The number of aromatic nitrogens is 3. The Bertz CT molecular complexity index is 1150.